The van der Waals surface area contributed by atoms with Crippen molar-refractivity contribution in [1.82, 2.24) is 0 Å². The van der Waals surface area contributed by atoms with E-state index < -0.39 is 0 Å². The standard InChI is InChI=1S/C18H18O6S/c1-9(19)15-11(23-3)5-7-13(17(15)21)25-14-8-6-12(24-4)16(10(2)20)18(14)22/h5-8,21-22H,1-4H3. The fraction of sp³-hybridized carbons (Fsp3) is 0.222. The molecule has 2 N–H and O–H groups in total. The molecule has 0 fully saturated rings. The molecule has 0 bridgehead atoms. The summed E-state index contributed by atoms with van der Waals surface area (Å²) in [6.07, 6.45) is 0. The molecular formula is C18H18O6S. The lowest BCUT2D eigenvalue weighted by atomic mass is 10.1. The fourth-order valence-electron chi connectivity index (χ4n) is 2.41. The number of ketones is 2. The number of aromatic hydroxyl groups is 2. The number of carbonyl (C=O) groups excluding carboxylic acids is 2. The van der Waals surface area contributed by atoms with Crippen molar-refractivity contribution in [2.24, 2.45) is 0 Å². The van der Waals surface area contributed by atoms with Crippen molar-refractivity contribution in [3.05, 3.63) is 35.4 Å². The van der Waals surface area contributed by atoms with E-state index in [1.54, 1.807) is 24.3 Å². The highest BCUT2D eigenvalue weighted by molar-refractivity contribution is 7.99. The van der Waals surface area contributed by atoms with Crippen LogP contribution in [0.1, 0.15) is 34.6 Å². The molecular weight excluding hydrogens is 344 g/mol. The minimum Gasteiger partial charge on any atom is -0.506 e. The zero-order valence-electron chi connectivity index (χ0n) is 14.2. The summed E-state index contributed by atoms with van der Waals surface area (Å²) >= 11 is 1.03. The number of carbonyl (C=O) groups is 2. The van der Waals surface area contributed by atoms with E-state index in [9.17, 15) is 19.8 Å². The lowest BCUT2D eigenvalue weighted by Crippen LogP contribution is -2.00. The Kier molecular flexibility index (Phi) is 5.58. The first-order valence-corrected chi connectivity index (χ1v) is 8.13. The number of phenols is 2. The third-order valence-corrected chi connectivity index (χ3v) is 4.67. The molecule has 6 nitrogen and oxygen atoms in total. The van der Waals surface area contributed by atoms with Crippen LogP contribution in [0.15, 0.2) is 34.1 Å². The third-order valence-electron chi connectivity index (χ3n) is 3.57. The Labute approximate surface area is 149 Å². The van der Waals surface area contributed by atoms with Crippen molar-refractivity contribution in [2.75, 3.05) is 14.2 Å². The lowest BCUT2D eigenvalue weighted by Gasteiger charge is -2.14. The summed E-state index contributed by atoms with van der Waals surface area (Å²) in [6, 6.07) is 6.27. The number of Topliss-reactive ketones (excluding diaryl/α,β-unsaturated/α-hetero) is 2. The van der Waals surface area contributed by atoms with Crippen LogP contribution < -0.4 is 9.47 Å². The molecule has 0 aliphatic carbocycles. The third kappa shape index (κ3) is 3.56. The molecule has 7 heteroatoms. The van der Waals surface area contributed by atoms with E-state index in [1.165, 1.54) is 28.1 Å². The molecule has 0 saturated carbocycles. The van der Waals surface area contributed by atoms with Crippen LogP contribution >= 0.6 is 11.8 Å². The molecule has 0 atom stereocenters. The Morgan fingerprint density at radius 1 is 0.800 bits per heavy atom. The fourth-order valence-corrected chi connectivity index (χ4v) is 3.32. The summed E-state index contributed by atoms with van der Waals surface area (Å²) in [5, 5.41) is 20.8. The van der Waals surface area contributed by atoms with Gasteiger partial charge in [0.25, 0.3) is 0 Å². The Hall–Kier alpha value is -2.67. The van der Waals surface area contributed by atoms with Crippen LogP contribution in [-0.2, 0) is 0 Å². The number of ether oxygens (including phenoxy) is 2. The van der Waals surface area contributed by atoms with Crippen LogP contribution in [0.25, 0.3) is 0 Å². The molecule has 2 rings (SSSR count). The van der Waals surface area contributed by atoms with E-state index in [0.29, 0.717) is 9.79 Å². The van der Waals surface area contributed by atoms with Gasteiger partial charge in [0.2, 0.25) is 0 Å². The number of rotatable bonds is 6. The average Bonchev–Trinajstić information content (AvgIpc) is 2.56. The molecule has 0 amide bonds. The summed E-state index contributed by atoms with van der Waals surface area (Å²) < 4.78 is 10.2. The van der Waals surface area contributed by atoms with Gasteiger partial charge in [-0.3, -0.25) is 9.59 Å². The van der Waals surface area contributed by atoms with Gasteiger partial charge in [-0.1, -0.05) is 11.8 Å². The van der Waals surface area contributed by atoms with Gasteiger partial charge in [-0.05, 0) is 38.1 Å². The molecule has 0 heterocycles. The maximum atomic E-state index is 11.8. The van der Waals surface area contributed by atoms with E-state index >= 15 is 0 Å². The van der Waals surface area contributed by atoms with E-state index in [-0.39, 0.29) is 45.7 Å². The van der Waals surface area contributed by atoms with Gasteiger partial charge in [0.05, 0.1) is 24.0 Å². The van der Waals surface area contributed by atoms with Gasteiger partial charge < -0.3 is 19.7 Å². The second kappa shape index (κ2) is 7.48. The molecule has 0 unspecified atom stereocenters. The second-order valence-corrected chi connectivity index (χ2v) is 6.28. The van der Waals surface area contributed by atoms with Crippen LogP contribution in [0, 0.1) is 0 Å². The topological polar surface area (TPSA) is 93.1 Å². The quantitative estimate of drug-likeness (QED) is 0.757. The van der Waals surface area contributed by atoms with Gasteiger partial charge in [-0.2, -0.15) is 0 Å². The zero-order valence-corrected chi connectivity index (χ0v) is 15.1. The van der Waals surface area contributed by atoms with Crippen LogP contribution in [0.2, 0.25) is 0 Å². The lowest BCUT2D eigenvalue weighted by molar-refractivity contribution is 0.0998. The Morgan fingerprint density at radius 2 is 1.16 bits per heavy atom. The average molecular weight is 362 g/mol. The van der Waals surface area contributed by atoms with Crippen LogP contribution in [-0.4, -0.2) is 36.0 Å². The van der Waals surface area contributed by atoms with Crippen molar-refractivity contribution < 1.29 is 29.3 Å². The largest absolute Gasteiger partial charge is 0.506 e. The molecule has 0 aromatic heterocycles. The predicted octanol–water partition coefficient (Wildman–Crippen LogP) is 3.67. The van der Waals surface area contributed by atoms with Gasteiger partial charge >= 0.3 is 0 Å². The number of hydrogen-bond donors (Lipinski definition) is 2. The van der Waals surface area contributed by atoms with E-state index in [1.807, 2.05) is 0 Å². The molecule has 0 radical (unpaired) electrons. The zero-order chi connectivity index (χ0) is 18.7. The summed E-state index contributed by atoms with van der Waals surface area (Å²) in [5.41, 5.74) is 0.125. The van der Waals surface area contributed by atoms with Crippen molar-refractivity contribution in [3.63, 3.8) is 0 Å². The highest BCUT2D eigenvalue weighted by atomic mass is 32.2. The van der Waals surface area contributed by atoms with Gasteiger partial charge in [-0.25, -0.2) is 0 Å². The van der Waals surface area contributed by atoms with Gasteiger partial charge in [0.15, 0.2) is 11.6 Å². The number of benzene rings is 2. The highest BCUT2D eigenvalue weighted by Gasteiger charge is 2.21. The van der Waals surface area contributed by atoms with Crippen LogP contribution in [0.5, 0.6) is 23.0 Å². The molecule has 2 aromatic carbocycles. The summed E-state index contributed by atoms with van der Waals surface area (Å²) in [4.78, 5) is 24.3. The Morgan fingerprint density at radius 3 is 1.44 bits per heavy atom. The first-order valence-electron chi connectivity index (χ1n) is 7.31. The monoisotopic (exact) mass is 362 g/mol. The van der Waals surface area contributed by atoms with Crippen molar-refractivity contribution in [1.29, 1.82) is 0 Å². The highest BCUT2D eigenvalue weighted by Crippen LogP contribution is 2.45. The molecule has 0 aliphatic heterocycles. The maximum absolute atomic E-state index is 11.8. The van der Waals surface area contributed by atoms with Gasteiger partial charge in [-0.15, -0.1) is 0 Å². The predicted molar refractivity (Wildman–Crippen MR) is 93.4 cm³/mol. The molecule has 0 aliphatic rings. The van der Waals surface area contributed by atoms with Crippen molar-refractivity contribution in [2.45, 2.75) is 23.6 Å². The van der Waals surface area contributed by atoms with E-state index in [0.717, 1.165) is 11.8 Å². The summed E-state index contributed by atoms with van der Waals surface area (Å²) in [5.74, 6) is -0.649. The molecule has 2 aromatic rings. The number of methoxy groups -OCH3 is 2. The second-order valence-electron chi connectivity index (χ2n) is 5.19. The van der Waals surface area contributed by atoms with E-state index in [2.05, 4.69) is 0 Å². The minimum absolute atomic E-state index is 0.0623. The first kappa shape index (κ1) is 18.7. The molecule has 132 valence electrons. The van der Waals surface area contributed by atoms with Gasteiger partial charge in [0.1, 0.15) is 34.1 Å². The molecule has 25 heavy (non-hydrogen) atoms. The number of hydrogen-bond acceptors (Lipinski definition) is 7. The Balaban J connectivity index is 2.54. The molecule has 0 spiro atoms. The molecule has 0 saturated heterocycles. The van der Waals surface area contributed by atoms with Crippen LogP contribution in [0.3, 0.4) is 0 Å². The van der Waals surface area contributed by atoms with Crippen molar-refractivity contribution >= 4 is 23.3 Å². The SMILES string of the molecule is COc1ccc(Sc2ccc(OC)c(C(C)=O)c2O)c(O)c1C(C)=O. The smallest absolute Gasteiger partial charge is 0.167 e. The summed E-state index contributed by atoms with van der Waals surface area (Å²) in [7, 11) is 2.81. The minimum atomic E-state index is -0.347. The van der Waals surface area contributed by atoms with Crippen molar-refractivity contribution in [3.8, 4) is 23.0 Å². The number of phenolic OH excluding ortho intramolecular Hbond substituents is 2. The maximum Gasteiger partial charge on any atom is 0.167 e. The Bertz CT molecular complexity index is 774. The van der Waals surface area contributed by atoms with Crippen LogP contribution in [0.4, 0.5) is 0 Å². The normalized spacial score (nSPS) is 10.4. The first-order chi connectivity index (χ1) is 11.8. The summed E-state index contributed by atoms with van der Waals surface area (Å²) in [6.45, 7) is 2.65. The van der Waals surface area contributed by atoms with Gasteiger partial charge in [0, 0.05) is 0 Å². The van der Waals surface area contributed by atoms with E-state index in [4.69, 9.17) is 9.47 Å².